The van der Waals surface area contributed by atoms with Crippen LogP contribution in [-0.2, 0) is 14.4 Å². The Morgan fingerprint density at radius 1 is 1.26 bits per heavy atom. The lowest BCUT2D eigenvalue weighted by Gasteiger charge is -2.58. The minimum atomic E-state index is -0.234. The fraction of sp³-hybridized carbons (Fsp3) is 0.769. The van der Waals surface area contributed by atoms with Gasteiger partial charge in [-0.1, -0.05) is 0 Å². The molecule has 3 aliphatic heterocycles. The summed E-state index contributed by atoms with van der Waals surface area (Å²) >= 11 is 0. The van der Waals surface area contributed by atoms with Crippen LogP contribution < -0.4 is 5.32 Å². The highest BCUT2D eigenvalue weighted by molar-refractivity contribution is 5.84. The van der Waals surface area contributed by atoms with E-state index in [9.17, 15) is 14.4 Å². The molecule has 2 atom stereocenters. The quantitative estimate of drug-likeness (QED) is 0.661. The molecule has 4 rings (SSSR count). The van der Waals surface area contributed by atoms with E-state index in [1.807, 2.05) is 0 Å². The molecule has 104 valence electrons. The van der Waals surface area contributed by atoms with Crippen LogP contribution in [0.2, 0.25) is 0 Å². The molecule has 3 saturated heterocycles. The highest BCUT2D eigenvalue weighted by Gasteiger charge is 2.50. The number of piperidine rings is 3. The van der Waals surface area contributed by atoms with Gasteiger partial charge in [-0.05, 0) is 31.1 Å². The minimum absolute atomic E-state index is 0.126. The Morgan fingerprint density at radius 3 is 2.42 bits per heavy atom. The number of nitrogens with zero attached hydrogens (tertiary/aromatic N) is 2. The maximum absolute atomic E-state index is 12.0. The molecule has 3 amide bonds. The lowest BCUT2D eigenvalue weighted by molar-refractivity contribution is -0.138. The number of carbonyl (C=O) groups excluding carboxylic acids is 3. The molecule has 4 fully saturated rings. The molecule has 0 spiro atoms. The summed E-state index contributed by atoms with van der Waals surface area (Å²) in [5.74, 6) is 1.15. The van der Waals surface area contributed by atoms with Crippen LogP contribution in [0.15, 0.2) is 0 Å². The summed E-state index contributed by atoms with van der Waals surface area (Å²) in [6, 6.07) is 0. The van der Waals surface area contributed by atoms with E-state index in [4.69, 9.17) is 0 Å². The number of hydrogen-bond acceptors (Lipinski definition) is 4. The van der Waals surface area contributed by atoms with E-state index in [1.54, 1.807) is 0 Å². The van der Waals surface area contributed by atoms with E-state index in [0.29, 0.717) is 24.7 Å². The van der Waals surface area contributed by atoms with Crippen molar-refractivity contribution < 1.29 is 14.4 Å². The molecule has 0 aromatic carbocycles. The standard InChI is InChI=1S/C13H19N3O3/c17-8-16(9-18)6-12(19)14-13-2-10-1-11(3-13)5-15(4-10)7-13/h8-11H,1-7H2,(H,14,19). The highest BCUT2D eigenvalue weighted by Crippen LogP contribution is 2.45. The summed E-state index contributed by atoms with van der Waals surface area (Å²) in [4.78, 5) is 36.3. The third-order valence-corrected chi connectivity index (χ3v) is 4.59. The number of nitrogens with one attached hydrogen (secondary N) is 1. The van der Waals surface area contributed by atoms with Crippen molar-refractivity contribution in [2.45, 2.75) is 24.8 Å². The topological polar surface area (TPSA) is 69.7 Å². The summed E-state index contributed by atoms with van der Waals surface area (Å²) in [5, 5.41) is 3.08. The minimum Gasteiger partial charge on any atom is -0.348 e. The monoisotopic (exact) mass is 265 g/mol. The van der Waals surface area contributed by atoms with E-state index in [0.717, 1.165) is 37.4 Å². The zero-order valence-electron chi connectivity index (χ0n) is 10.9. The van der Waals surface area contributed by atoms with Crippen molar-refractivity contribution in [3.63, 3.8) is 0 Å². The highest BCUT2D eigenvalue weighted by atomic mass is 16.2. The molecule has 0 aromatic rings. The Hall–Kier alpha value is -1.43. The SMILES string of the molecule is O=CN(C=O)CC(=O)NC12CC3CC(CN(C3)C1)C2. The Labute approximate surface area is 112 Å². The Balaban J connectivity index is 1.64. The molecular formula is C13H19N3O3. The molecule has 1 aliphatic carbocycles. The molecule has 6 heteroatoms. The molecule has 1 saturated carbocycles. The van der Waals surface area contributed by atoms with Crippen LogP contribution >= 0.6 is 0 Å². The van der Waals surface area contributed by atoms with Crippen molar-refractivity contribution in [3.05, 3.63) is 0 Å². The summed E-state index contributed by atoms with van der Waals surface area (Å²) in [5.41, 5.74) is -0.126. The van der Waals surface area contributed by atoms with Crippen LogP contribution in [0.5, 0.6) is 0 Å². The lowest BCUT2D eigenvalue weighted by atomic mass is 9.64. The molecule has 0 radical (unpaired) electrons. The number of amides is 3. The van der Waals surface area contributed by atoms with Crippen LogP contribution in [0.1, 0.15) is 19.3 Å². The average molecular weight is 265 g/mol. The second-order valence-corrected chi connectivity index (χ2v) is 6.28. The number of carbonyl (C=O) groups is 3. The maximum Gasteiger partial charge on any atom is 0.240 e. The van der Waals surface area contributed by atoms with Crippen molar-refractivity contribution in [2.24, 2.45) is 11.8 Å². The van der Waals surface area contributed by atoms with Crippen molar-refractivity contribution >= 4 is 18.7 Å². The van der Waals surface area contributed by atoms with Crippen LogP contribution in [0, 0.1) is 11.8 Å². The predicted octanol–water partition coefficient (Wildman–Crippen LogP) is -0.798. The molecule has 0 aromatic heterocycles. The van der Waals surface area contributed by atoms with Gasteiger partial charge in [0.05, 0.1) is 5.54 Å². The largest absolute Gasteiger partial charge is 0.348 e. The Bertz CT molecular complexity index is 367. The third-order valence-electron chi connectivity index (χ3n) is 4.59. The lowest BCUT2D eigenvalue weighted by Crippen LogP contribution is -2.69. The van der Waals surface area contributed by atoms with Gasteiger partial charge in [0.1, 0.15) is 6.54 Å². The zero-order valence-corrected chi connectivity index (χ0v) is 10.9. The van der Waals surface area contributed by atoms with Gasteiger partial charge in [-0.3, -0.25) is 19.3 Å². The molecule has 3 heterocycles. The number of rotatable bonds is 5. The predicted molar refractivity (Wildman–Crippen MR) is 67.0 cm³/mol. The van der Waals surface area contributed by atoms with Crippen molar-refractivity contribution in [1.82, 2.24) is 15.1 Å². The fourth-order valence-corrected chi connectivity index (χ4v) is 4.34. The van der Waals surface area contributed by atoms with Crippen molar-refractivity contribution in [3.8, 4) is 0 Å². The molecule has 4 bridgehead atoms. The van der Waals surface area contributed by atoms with Gasteiger partial charge in [-0.25, -0.2) is 0 Å². The van der Waals surface area contributed by atoms with Crippen LogP contribution in [-0.4, -0.2) is 60.2 Å². The molecule has 4 aliphatic rings. The second-order valence-electron chi connectivity index (χ2n) is 6.28. The van der Waals surface area contributed by atoms with E-state index < -0.39 is 0 Å². The summed E-state index contributed by atoms with van der Waals surface area (Å²) in [6.07, 6.45) is 4.12. The van der Waals surface area contributed by atoms with Gasteiger partial charge in [0.15, 0.2) is 0 Å². The molecule has 1 N–H and O–H groups in total. The van der Waals surface area contributed by atoms with Crippen LogP contribution in [0.3, 0.4) is 0 Å². The van der Waals surface area contributed by atoms with E-state index in [1.165, 1.54) is 6.42 Å². The van der Waals surface area contributed by atoms with Gasteiger partial charge in [0.2, 0.25) is 18.7 Å². The van der Waals surface area contributed by atoms with Gasteiger partial charge in [-0.2, -0.15) is 0 Å². The van der Waals surface area contributed by atoms with Gasteiger partial charge in [-0.15, -0.1) is 0 Å². The van der Waals surface area contributed by atoms with E-state index in [-0.39, 0.29) is 18.0 Å². The summed E-state index contributed by atoms with van der Waals surface area (Å²) in [7, 11) is 0. The molecule has 2 unspecified atom stereocenters. The maximum atomic E-state index is 12.0. The number of hydrogen-bond donors (Lipinski definition) is 1. The summed E-state index contributed by atoms with van der Waals surface area (Å²) < 4.78 is 0. The first-order chi connectivity index (χ1) is 9.12. The smallest absolute Gasteiger partial charge is 0.240 e. The van der Waals surface area contributed by atoms with Crippen LogP contribution in [0.25, 0.3) is 0 Å². The van der Waals surface area contributed by atoms with E-state index >= 15 is 0 Å². The average Bonchev–Trinajstić information content (AvgIpc) is 2.33. The van der Waals surface area contributed by atoms with E-state index in [2.05, 4.69) is 10.2 Å². The number of imide groups is 1. The van der Waals surface area contributed by atoms with Gasteiger partial charge in [0, 0.05) is 19.6 Å². The first-order valence-corrected chi connectivity index (χ1v) is 6.82. The summed E-state index contributed by atoms with van der Waals surface area (Å²) in [6.45, 7) is 3.05. The van der Waals surface area contributed by atoms with Crippen LogP contribution in [0.4, 0.5) is 0 Å². The second kappa shape index (κ2) is 4.59. The van der Waals surface area contributed by atoms with Crippen molar-refractivity contribution in [1.29, 1.82) is 0 Å². The molecular weight excluding hydrogens is 246 g/mol. The fourth-order valence-electron chi connectivity index (χ4n) is 4.34. The first kappa shape index (κ1) is 12.6. The van der Waals surface area contributed by atoms with Gasteiger partial charge < -0.3 is 10.2 Å². The first-order valence-electron chi connectivity index (χ1n) is 6.82. The Morgan fingerprint density at radius 2 is 1.89 bits per heavy atom. The normalized spacial score (nSPS) is 38.8. The third kappa shape index (κ3) is 2.36. The Kier molecular flexibility index (Phi) is 3.05. The zero-order chi connectivity index (χ0) is 13.5. The van der Waals surface area contributed by atoms with Gasteiger partial charge in [0.25, 0.3) is 0 Å². The molecule has 19 heavy (non-hydrogen) atoms. The van der Waals surface area contributed by atoms with Gasteiger partial charge >= 0.3 is 0 Å². The van der Waals surface area contributed by atoms with Crippen molar-refractivity contribution in [2.75, 3.05) is 26.2 Å². The molecule has 6 nitrogen and oxygen atoms in total.